The molecule has 2 atom stereocenters. The predicted molar refractivity (Wildman–Crippen MR) is 93.0 cm³/mol. The van der Waals surface area contributed by atoms with Crippen LogP contribution in [0.3, 0.4) is 0 Å². The van der Waals surface area contributed by atoms with E-state index in [1.54, 1.807) is 11.3 Å². The van der Waals surface area contributed by atoms with Crippen LogP contribution >= 0.6 is 11.3 Å². The number of thiazole rings is 1. The maximum absolute atomic E-state index is 5.98. The molecule has 1 aromatic carbocycles. The maximum atomic E-state index is 5.98. The van der Waals surface area contributed by atoms with Crippen LogP contribution in [0.15, 0.2) is 24.4 Å². The van der Waals surface area contributed by atoms with Gasteiger partial charge in [-0.2, -0.15) is 5.10 Å². The highest BCUT2D eigenvalue weighted by atomic mass is 32.1. The van der Waals surface area contributed by atoms with Gasteiger partial charge in [-0.05, 0) is 31.9 Å². The Morgan fingerprint density at radius 3 is 2.96 bits per heavy atom. The van der Waals surface area contributed by atoms with Crippen LogP contribution in [0, 0.1) is 13.8 Å². The molecule has 3 heterocycles. The molecule has 0 spiro atoms. The Labute approximate surface area is 139 Å². The Morgan fingerprint density at radius 2 is 2.22 bits per heavy atom. The summed E-state index contributed by atoms with van der Waals surface area (Å²) in [4.78, 5) is 4.76. The van der Waals surface area contributed by atoms with Gasteiger partial charge in [0.15, 0.2) is 5.13 Å². The Morgan fingerprint density at radius 1 is 1.35 bits per heavy atom. The monoisotopic (exact) mass is 328 g/mol. The van der Waals surface area contributed by atoms with Crippen LogP contribution in [-0.2, 0) is 11.8 Å². The summed E-state index contributed by atoms with van der Waals surface area (Å²) in [5.74, 6) is 0. The second-order valence-electron chi connectivity index (χ2n) is 6.12. The lowest BCUT2D eigenvalue weighted by molar-refractivity contribution is 0.107. The zero-order chi connectivity index (χ0) is 16.0. The minimum absolute atomic E-state index is 0.0387. The van der Waals surface area contributed by atoms with Crippen molar-refractivity contribution >= 4 is 26.7 Å². The first-order valence-electron chi connectivity index (χ1n) is 7.86. The quantitative estimate of drug-likeness (QED) is 0.798. The molecule has 0 radical (unpaired) electrons. The third-order valence-electron chi connectivity index (χ3n) is 4.38. The number of nitrogens with one attached hydrogen (secondary N) is 1. The lowest BCUT2D eigenvalue weighted by Crippen LogP contribution is -2.23. The van der Waals surface area contributed by atoms with Crippen LogP contribution in [0.5, 0.6) is 0 Å². The van der Waals surface area contributed by atoms with Gasteiger partial charge in [0.25, 0.3) is 0 Å². The van der Waals surface area contributed by atoms with E-state index in [2.05, 4.69) is 41.7 Å². The summed E-state index contributed by atoms with van der Waals surface area (Å²) in [5.41, 5.74) is 4.51. The molecule has 120 valence electrons. The largest absolute Gasteiger partial charge is 0.371 e. The molecule has 3 aromatic rings. The summed E-state index contributed by atoms with van der Waals surface area (Å²) in [6, 6.07) is 6.55. The zero-order valence-corrected chi connectivity index (χ0v) is 14.4. The third-order valence-corrected chi connectivity index (χ3v) is 5.33. The van der Waals surface area contributed by atoms with Gasteiger partial charge in [-0.1, -0.05) is 23.5 Å². The maximum Gasteiger partial charge on any atom is 0.184 e. The topological polar surface area (TPSA) is 52.0 Å². The Kier molecular flexibility index (Phi) is 3.58. The van der Waals surface area contributed by atoms with Gasteiger partial charge in [-0.25, -0.2) is 4.98 Å². The highest BCUT2D eigenvalue weighted by Gasteiger charge is 2.32. The number of para-hydroxylation sites is 1. The summed E-state index contributed by atoms with van der Waals surface area (Å²) in [6.45, 7) is 4.90. The van der Waals surface area contributed by atoms with Crippen molar-refractivity contribution in [3.8, 4) is 0 Å². The molecular weight excluding hydrogens is 308 g/mol. The normalized spacial score (nSPS) is 21.2. The van der Waals surface area contributed by atoms with E-state index >= 15 is 0 Å². The van der Waals surface area contributed by atoms with Gasteiger partial charge < -0.3 is 10.1 Å². The fraction of sp³-hybridized carbons (Fsp3) is 0.412. The molecule has 23 heavy (non-hydrogen) atoms. The molecule has 1 aliphatic rings. The highest BCUT2D eigenvalue weighted by molar-refractivity contribution is 7.22. The van der Waals surface area contributed by atoms with Crippen LogP contribution in [0.1, 0.15) is 29.3 Å². The van der Waals surface area contributed by atoms with Crippen LogP contribution in [0.2, 0.25) is 0 Å². The standard InChI is InChI=1S/C17H20N4OS/c1-10-5-4-6-14-15(10)19-17(23-14)18-13-7-8-22-16(13)12-9-21(3)20-11(12)2/h4-6,9,13,16H,7-8H2,1-3H3,(H,18,19)/t13-,16+/m1/s1. The van der Waals surface area contributed by atoms with Crippen molar-refractivity contribution in [2.75, 3.05) is 11.9 Å². The molecule has 0 saturated carbocycles. The first kappa shape index (κ1) is 14.7. The van der Waals surface area contributed by atoms with Crippen molar-refractivity contribution in [3.63, 3.8) is 0 Å². The van der Waals surface area contributed by atoms with E-state index in [9.17, 15) is 0 Å². The van der Waals surface area contributed by atoms with E-state index in [-0.39, 0.29) is 12.1 Å². The second kappa shape index (κ2) is 5.62. The molecule has 0 aliphatic carbocycles. The first-order chi connectivity index (χ1) is 11.1. The number of benzene rings is 1. The number of aromatic nitrogens is 3. The molecule has 0 amide bonds. The number of anilines is 1. The minimum Gasteiger partial charge on any atom is -0.371 e. The van der Waals surface area contributed by atoms with Crippen molar-refractivity contribution < 1.29 is 4.74 Å². The van der Waals surface area contributed by atoms with E-state index in [1.165, 1.54) is 15.8 Å². The summed E-state index contributed by atoms with van der Waals surface area (Å²) < 4.78 is 9.05. The number of hydrogen-bond donors (Lipinski definition) is 1. The van der Waals surface area contributed by atoms with Gasteiger partial charge in [-0.15, -0.1) is 0 Å². The van der Waals surface area contributed by atoms with E-state index in [4.69, 9.17) is 9.72 Å². The Bertz CT molecular complexity index is 854. The predicted octanol–water partition coefficient (Wildman–Crippen LogP) is 3.59. The summed E-state index contributed by atoms with van der Waals surface area (Å²) in [6.07, 6.45) is 3.08. The average Bonchev–Trinajstić information content (AvgIpc) is 3.19. The van der Waals surface area contributed by atoms with Gasteiger partial charge in [0.2, 0.25) is 0 Å². The first-order valence-corrected chi connectivity index (χ1v) is 8.68. The smallest absolute Gasteiger partial charge is 0.184 e. The van der Waals surface area contributed by atoms with Crippen molar-refractivity contribution in [3.05, 3.63) is 41.2 Å². The van der Waals surface area contributed by atoms with Crippen molar-refractivity contribution in [1.29, 1.82) is 0 Å². The van der Waals surface area contributed by atoms with Gasteiger partial charge in [-0.3, -0.25) is 4.68 Å². The number of rotatable bonds is 3. The molecule has 5 nitrogen and oxygen atoms in total. The van der Waals surface area contributed by atoms with Crippen molar-refractivity contribution in [2.24, 2.45) is 7.05 Å². The SMILES string of the molecule is Cc1nn(C)cc1[C@@H]1OCC[C@H]1Nc1nc2c(C)cccc2s1. The number of hydrogen-bond acceptors (Lipinski definition) is 5. The molecule has 1 saturated heterocycles. The van der Waals surface area contributed by atoms with Crippen LogP contribution in [0.4, 0.5) is 5.13 Å². The second-order valence-corrected chi connectivity index (χ2v) is 7.15. The molecular formula is C17H20N4OS. The fourth-order valence-electron chi connectivity index (χ4n) is 3.25. The molecule has 6 heteroatoms. The molecule has 2 aromatic heterocycles. The Hall–Kier alpha value is -1.92. The zero-order valence-electron chi connectivity index (χ0n) is 13.5. The number of nitrogens with zero attached hydrogens (tertiary/aromatic N) is 3. The molecule has 4 rings (SSSR count). The lowest BCUT2D eigenvalue weighted by Gasteiger charge is -2.18. The van der Waals surface area contributed by atoms with E-state index in [0.717, 1.165) is 29.4 Å². The fourth-order valence-corrected chi connectivity index (χ4v) is 4.25. The van der Waals surface area contributed by atoms with Gasteiger partial charge in [0, 0.05) is 25.4 Å². The van der Waals surface area contributed by atoms with Crippen LogP contribution < -0.4 is 5.32 Å². The molecule has 0 bridgehead atoms. The minimum atomic E-state index is 0.0387. The van der Waals surface area contributed by atoms with Gasteiger partial charge >= 0.3 is 0 Å². The Balaban J connectivity index is 1.61. The lowest BCUT2D eigenvalue weighted by atomic mass is 10.0. The van der Waals surface area contributed by atoms with Crippen LogP contribution in [0.25, 0.3) is 10.2 Å². The van der Waals surface area contributed by atoms with E-state index in [1.807, 2.05) is 18.7 Å². The van der Waals surface area contributed by atoms with Gasteiger partial charge in [0.05, 0.1) is 22.0 Å². The van der Waals surface area contributed by atoms with Crippen LogP contribution in [-0.4, -0.2) is 27.4 Å². The van der Waals surface area contributed by atoms with Crippen molar-refractivity contribution in [1.82, 2.24) is 14.8 Å². The van der Waals surface area contributed by atoms with Crippen molar-refractivity contribution in [2.45, 2.75) is 32.4 Å². The van der Waals surface area contributed by atoms with E-state index < -0.39 is 0 Å². The molecule has 1 aliphatic heterocycles. The molecule has 0 unspecified atom stereocenters. The number of ether oxygens (including phenoxy) is 1. The number of fused-ring (bicyclic) bond motifs is 1. The van der Waals surface area contributed by atoms with E-state index in [0.29, 0.717) is 0 Å². The third kappa shape index (κ3) is 2.62. The van der Waals surface area contributed by atoms with Gasteiger partial charge in [0.1, 0.15) is 6.10 Å². The highest BCUT2D eigenvalue weighted by Crippen LogP contribution is 2.35. The summed E-state index contributed by atoms with van der Waals surface area (Å²) in [5, 5.41) is 9.00. The molecule has 1 N–H and O–H groups in total. The summed E-state index contributed by atoms with van der Waals surface area (Å²) >= 11 is 1.71. The molecule has 1 fully saturated rings. The summed E-state index contributed by atoms with van der Waals surface area (Å²) in [7, 11) is 1.95. The number of aryl methyl sites for hydroxylation is 3. The average molecular weight is 328 g/mol.